The number of nitrogens with zero attached hydrogens (tertiary/aromatic N) is 2. The molecule has 1 heterocycles. The van der Waals surface area contributed by atoms with E-state index in [4.69, 9.17) is 0 Å². The molecule has 2 bridgehead atoms. The van der Waals surface area contributed by atoms with Gasteiger partial charge in [0.15, 0.2) is 0 Å². The number of anilines is 1. The lowest BCUT2D eigenvalue weighted by Crippen LogP contribution is -2.51. The molecule has 2 saturated carbocycles. The molecule has 0 aromatic heterocycles. The fourth-order valence-electron chi connectivity index (χ4n) is 5.33. The maximum absolute atomic E-state index is 13.1. The topological polar surface area (TPSA) is 35.6 Å². The second-order valence-electron chi connectivity index (χ2n) is 8.43. The molecule has 1 amide bonds. The Morgan fingerprint density at radius 1 is 1.15 bits per heavy atom. The molecule has 1 aromatic carbocycles. The van der Waals surface area contributed by atoms with Crippen molar-refractivity contribution < 1.29 is 9.18 Å². The van der Waals surface area contributed by atoms with E-state index in [0.717, 1.165) is 43.7 Å². The predicted molar refractivity (Wildman–Crippen MR) is 102 cm³/mol. The molecule has 3 fully saturated rings. The summed E-state index contributed by atoms with van der Waals surface area (Å²) in [5.41, 5.74) is 1.06. The van der Waals surface area contributed by atoms with E-state index in [9.17, 15) is 9.18 Å². The molecule has 0 unspecified atom stereocenters. The van der Waals surface area contributed by atoms with Crippen LogP contribution in [0.4, 0.5) is 10.1 Å². The molecular weight excluding hydrogens is 329 g/mol. The summed E-state index contributed by atoms with van der Waals surface area (Å²) in [6.45, 7) is 6.17. The van der Waals surface area contributed by atoms with Gasteiger partial charge in [0.1, 0.15) is 5.82 Å². The number of amides is 1. The van der Waals surface area contributed by atoms with E-state index in [1.54, 1.807) is 0 Å². The quantitative estimate of drug-likeness (QED) is 0.878. The first-order valence-corrected chi connectivity index (χ1v) is 10.1. The summed E-state index contributed by atoms with van der Waals surface area (Å²) in [6, 6.07) is 6.97. The number of benzene rings is 1. The van der Waals surface area contributed by atoms with Gasteiger partial charge >= 0.3 is 0 Å². The summed E-state index contributed by atoms with van der Waals surface area (Å²) in [7, 11) is 0. The van der Waals surface area contributed by atoms with E-state index in [-0.39, 0.29) is 11.7 Å². The van der Waals surface area contributed by atoms with Crippen molar-refractivity contribution in [3.8, 4) is 0 Å². The van der Waals surface area contributed by atoms with Crippen molar-refractivity contribution in [1.29, 1.82) is 0 Å². The lowest BCUT2D eigenvalue weighted by molar-refractivity contribution is -0.123. The molecule has 3 aliphatic rings. The summed E-state index contributed by atoms with van der Waals surface area (Å²) in [4.78, 5) is 16.9. The van der Waals surface area contributed by atoms with Crippen LogP contribution in [0.15, 0.2) is 24.3 Å². The van der Waals surface area contributed by atoms with Crippen molar-refractivity contribution >= 4 is 11.6 Å². The Hall–Kier alpha value is -1.62. The van der Waals surface area contributed by atoms with Gasteiger partial charge in [-0.05, 0) is 68.2 Å². The van der Waals surface area contributed by atoms with Gasteiger partial charge in [-0.1, -0.05) is 6.42 Å². The monoisotopic (exact) mass is 359 g/mol. The van der Waals surface area contributed by atoms with Crippen LogP contribution >= 0.6 is 0 Å². The minimum absolute atomic E-state index is 0.163. The number of carbonyl (C=O) groups is 1. The van der Waals surface area contributed by atoms with Gasteiger partial charge in [0.05, 0.1) is 6.54 Å². The third kappa shape index (κ3) is 3.88. The number of hydrogen-bond donors (Lipinski definition) is 1. The van der Waals surface area contributed by atoms with Crippen LogP contribution in [0.2, 0.25) is 0 Å². The molecule has 4 rings (SSSR count). The van der Waals surface area contributed by atoms with Crippen molar-refractivity contribution in [3.63, 3.8) is 0 Å². The highest BCUT2D eigenvalue weighted by Crippen LogP contribution is 2.49. The van der Waals surface area contributed by atoms with E-state index in [1.165, 1.54) is 37.8 Å². The Bertz CT molecular complexity index is 627. The number of carbonyl (C=O) groups excluding carboxylic acids is 1. The summed E-state index contributed by atoms with van der Waals surface area (Å²) >= 11 is 0. The third-order valence-corrected chi connectivity index (χ3v) is 6.75. The maximum atomic E-state index is 13.1. The maximum Gasteiger partial charge on any atom is 0.234 e. The number of hydrogen-bond acceptors (Lipinski definition) is 3. The zero-order valence-corrected chi connectivity index (χ0v) is 15.7. The summed E-state index contributed by atoms with van der Waals surface area (Å²) < 4.78 is 13.1. The minimum atomic E-state index is -0.200. The lowest BCUT2D eigenvalue weighted by Gasteiger charge is -2.36. The van der Waals surface area contributed by atoms with Crippen LogP contribution in [0.3, 0.4) is 0 Å². The zero-order valence-electron chi connectivity index (χ0n) is 15.7. The van der Waals surface area contributed by atoms with Gasteiger partial charge in [-0.15, -0.1) is 0 Å². The first-order chi connectivity index (χ1) is 12.6. The standard InChI is InChI=1S/C21H30FN3O/c1-15(20-13-16-2-3-17(20)12-16)23-21(26)14-24-8-10-25(11-9-24)19-6-4-18(22)5-7-19/h4-7,15-17,20H,2-3,8-14H2,1H3,(H,23,26)/t15-,16-,17-,20-/m0/s1. The van der Waals surface area contributed by atoms with Crippen LogP contribution < -0.4 is 10.2 Å². The van der Waals surface area contributed by atoms with Crippen molar-refractivity contribution in [2.24, 2.45) is 17.8 Å². The molecular formula is C21H30FN3O. The largest absolute Gasteiger partial charge is 0.369 e. The first kappa shape index (κ1) is 17.8. The van der Waals surface area contributed by atoms with Gasteiger partial charge < -0.3 is 10.2 Å². The highest BCUT2D eigenvalue weighted by molar-refractivity contribution is 5.78. The lowest BCUT2D eigenvalue weighted by atomic mass is 9.84. The molecule has 1 aromatic rings. The van der Waals surface area contributed by atoms with Gasteiger partial charge in [0, 0.05) is 37.9 Å². The number of rotatable bonds is 5. The van der Waals surface area contributed by atoms with Crippen molar-refractivity contribution in [2.75, 3.05) is 37.6 Å². The molecule has 4 atom stereocenters. The molecule has 1 aliphatic heterocycles. The second kappa shape index (κ2) is 7.55. The van der Waals surface area contributed by atoms with Crippen LogP contribution in [0.25, 0.3) is 0 Å². The Kier molecular flexibility index (Phi) is 5.16. The van der Waals surface area contributed by atoms with E-state index in [0.29, 0.717) is 18.5 Å². The number of fused-ring (bicyclic) bond motifs is 2. The van der Waals surface area contributed by atoms with Gasteiger partial charge in [0.2, 0.25) is 5.91 Å². The molecule has 142 valence electrons. The SMILES string of the molecule is C[C@H](NC(=O)CN1CCN(c2ccc(F)cc2)CC1)[C@@H]1C[C@H]2CC[C@H]1C2. The molecule has 2 aliphatic carbocycles. The van der Waals surface area contributed by atoms with Crippen LogP contribution in [0.5, 0.6) is 0 Å². The predicted octanol–water partition coefficient (Wildman–Crippen LogP) is 2.89. The van der Waals surface area contributed by atoms with E-state index < -0.39 is 0 Å². The Morgan fingerprint density at radius 2 is 1.88 bits per heavy atom. The second-order valence-corrected chi connectivity index (χ2v) is 8.43. The molecule has 1 N–H and O–H groups in total. The van der Waals surface area contributed by atoms with Crippen LogP contribution in [-0.4, -0.2) is 49.6 Å². The Labute approximate surface area is 155 Å². The number of piperazine rings is 1. The van der Waals surface area contributed by atoms with Crippen molar-refractivity contribution in [1.82, 2.24) is 10.2 Å². The number of nitrogens with one attached hydrogen (secondary N) is 1. The van der Waals surface area contributed by atoms with E-state index in [1.807, 2.05) is 12.1 Å². The van der Waals surface area contributed by atoms with Crippen molar-refractivity contribution in [3.05, 3.63) is 30.1 Å². The molecule has 5 heteroatoms. The van der Waals surface area contributed by atoms with Gasteiger partial charge in [-0.3, -0.25) is 9.69 Å². The molecule has 4 nitrogen and oxygen atoms in total. The van der Waals surface area contributed by atoms with Gasteiger partial charge in [-0.2, -0.15) is 0 Å². The number of halogens is 1. The third-order valence-electron chi connectivity index (χ3n) is 6.75. The average Bonchev–Trinajstić information content (AvgIpc) is 3.26. The molecule has 0 radical (unpaired) electrons. The fourth-order valence-corrected chi connectivity index (χ4v) is 5.33. The van der Waals surface area contributed by atoms with E-state index >= 15 is 0 Å². The van der Waals surface area contributed by atoms with E-state index in [2.05, 4.69) is 22.0 Å². The summed E-state index contributed by atoms with van der Waals surface area (Å²) in [5, 5.41) is 3.27. The summed E-state index contributed by atoms with van der Waals surface area (Å²) in [6.07, 6.45) is 5.46. The minimum Gasteiger partial charge on any atom is -0.369 e. The molecule has 1 saturated heterocycles. The van der Waals surface area contributed by atoms with Gasteiger partial charge in [-0.25, -0.2) is 4.39 Å². The highest BCUT2D eigenvalue weighted by atomic mass is 19.1. The smallest absolute Gasteiger partial charge is 0.234 e. The normalized spacial score (nSPS) is 29.8. The van der Waals surface area contributed by atoms with Crippen LogP contribution in [0, 0.1) is 23.6 Å². The highest BCUT2D eigenvalue weighted by Gasteiger charge is 2.42. The average molecular weight is 359 g/mol. The molecule has 0 spiro atoms. The Morgan fingerprint density at radius 3 is 2.50 bits per heavy atom. The van der Waals surface area contributed by atoms with Crippen LogP contribution in [-0.2, 0) is 4.79 Å². The van der Waals surface area contributed by atoms with Gasteiger partial charge in [0.25, 0.3) is 0 Å². The zero-order chi connectivity index (χ0) is 18.1. The molecule has 26 heavy (non-hydrogen) atoms. The van der Waals surface area contributed by atoms with Crippen LogP contribution in [0.1, 0.15) is 32.6 Å². The first-order valence-electron chi connectivity index (χ1n) is 10.1. The fraction of sp³-hybridized carbons (Fsp3) is 0.667. The summed E-state index contributed by atoms with van der Waals surface area (Å²) in [5.74, 6) is 2.41. The van der Waals surface area contributed by atoms with Crippen molar-refractivity contribution in [2.45, 2.75) is 38.6 Å². The Balaban J connectivity index is 1.21.